The number of Topliss-reactive ketones (excluding diaryl/α,β-unsaturated/α-hetero) is 1. The Kier molecular flexibility index (Phi) is 10.4. The highest BCUT2D eigenvalue weighted by Gasteiger charge is 2.46. The third kappa shape index (κ3) is 7.26. The minimum atomic E-state index is -0.140. The molecule has 3 rings (SSSR count). The summed E-state index contributed by atoms with van der Waals surface area (Å²) >= 11 is 6.23. The van der Waals surface area contributed by atoms with Crippen molar-refractivity contribution in [3.05, 3.63) is 23.3 Å². The number of hydrogen-bond donors (Lipinski definition) is 1. The number of ketones is 1. The number of ether oxygens (including phenoxy) is 2. The van der Waals surface area contributed by atoms with Gasteiger partial charge in [-0.1, -0.05) is 13.8 Å². The number of phenols is 1. The molecule has 5 nitrogen and oxygen atoms in total. The van der Waals surface area contributed by atoms with Gasteiger partial charge < -0.3 is 14.6 Å². The van der Waals surface area contributed by atoms with Crippen LogP contribution in [-0.4, -0.2) is 56.7 Å². The number of rotatable bonds is 12. The first kappa shape index (κ1) is 27.6. The second-order valence-electron chi connectivity index (χ2n) is 9.44. The van der Waals surface area contributed by atoms with Gasteiger partial charge in [-0.15, -0.1) is 23.5 Å². The van der Waals surface area contributed by atoms with Gasteiger partial charge >= 0.3 is 5.97 Å². The molecule has 1 spiro atoms. The second kappa shape index (κ2) is 12.8. The maximum atomic E-state index is 11.8. The summed E-state index contributed by atoms with van der Waals surface area (Å²) in [6.45, 7) is 8.39. The van der Waals surface area contributed by atoms with E-state index in [0.29, 0.717) is 51.8 Å². The highest BCUT2D eigenvalue weighted by atomic mass is 32.2. The number of carbonyl (C=O) groups excluding carboxylic acids is 2. The van der Waals surface area contributed by atoms with E-state index in [0.717, 1.165) is 30.8 Å². The van der Waals surface area contributed by atoms with Crippen molar-refractivity contribution in [3.8, 4) is 11.5 Å². The van der Waals surface area contributed by atoms with E-state index >= 15 is 0 Å². The molecule has 1 heterocycles. The number of benzene rings is 1. The lowest BCUT2D eigenvalue weighted by Crippen LogP contribution is -2.15. The molecule has 0 amide bonds. The zero-order valence-electron chi connectivity index (χ0n) is 20.8. The fraction of sp³-hybridized carbons (Fsp3) is 0.692. The summed E-state index contributed by atoms with van der Waals surface area (Å²) in [5.74, 6) is 4.46. The Bertz CT molecular complexity index is 859. The summed E-state index contributed by atoms with van der Waals surface area (Å²) in [6, 6.07) is 3.46. The lowest BCUT2D eigenvalue weighted by Gasteiger charge is -2.22. The Hall–Kier alpha value is -0.990. The molecule has 1 N–H and O–H groups in total. The van der Waals surface area contributed by atoms with Gasteiger partial charge in [0.05, 0.1) is 22.9 Å². The van der Waals surface area contributed by atoms with Crippen LogP contribution in [0.2, 0.25) is 0 Å². The Balaban J connectivity index is 1.36. The zero-order valence-corrected chi connectivity index (χ0v) is 23.2. The van der Waals surface area contributed by atoms with E-state index in [9.17, 15) is 14.7 Å². The Labute approximate surface area is 216 Å². The van der Waals surface area contributed by atoms with Crippen LogP contribution in [0.3, 0.4) is 0 Å². The standard InChI is InChI=1S/C26H38O5S3/c1-5-30-23(28)13-19-9-10-26(14-19)33-16-20(34-26)15-32-12-6-11-31-22-8-7-21(18(4)27)25(29)24(22)17(2)3/h7-8,17,19-20,29H,5-6,9-16H2,1-4H3. The van der Waals surface area contributed by atoms with Crippen LogP contribution in [0.25, 0.3) is 0 Å². The molecule has 1 saturated heterocycles. The van der Waals surface area contributed by atoms with E-state index in [1.165, 1.54) is 19.1 Å². The fourth-order valence-corrected chi connectivity index (χ4v) is 10.1. The number of carbonyl (C=O) groups is 2. The third-order valence-corrected chi connectivity index (χ3v) is 11.5. The molecule has 0 bridgehead atoms. The predicted octanol–water partition coefficient (Wildman–Crippen LogP) is 6.52. The number of esters is 1. The normalized spacial score (nSPS) is 24.1. The molecular formula is C26H38O5S3. The monoisotopic (exact) mass is 526 g/mol. The highest BCUT2D eigenvalue weighted by molar-refractivity contribution is 8.22. The fourth-order valence-electron chi connectivity index (χ4n) is 4.75. The first-order valence-corrected chi connectivity index (χ1v) is 15.3. The van der Waals surface area contributed by atoms with Gasteiger partial charge in [-0.2, -0.15) is 11.8 Å². The molecule has 3 unspecified atom stereocenters. The van der Waals surface area contributed by atoms with Crippen molar-refractivity contribution in [2.24, 2.45) is 5.92 Å². The topological polar surface area (TPSA) is 72.8 Å². The van der Waals surface area contributed by atoms with Crippen molar-refractivity contribution in [1.82, 2.24) is 0 Å². The molecule has 1 aromatic rings. The lowest BCUT2D eigenvalue weighted by atomic mass is 9.96. The minimum Gasteiger partial charge on any atom is -0.507 e. The molecule has 190 valence electrons. The average molecular weight is 527 g/mol. The summed E-state index contributed by atoms with van der Waals surface area (Å²) in [4.78, 5) is 23.6. The van der Waals surface area contributed by atoms with Crippen molar-refractivity contribution < 1.29 is 24.2 Å². The maximum absolute atomic E-state index is 11.8. The lowest BCUT2D eigenvalue weighted by molar-refractivity contribution is -0.144. The number of thioether (sulfide) groups is 3. The van der Waals surface area contributed by atoms with E-state index in [1.807, 2.05) is 38.6 Å². The van der Waals surface area contributed by atoms with Gasteiger partial charge in [0.1, 0.15) is 11.5 Å². The second-order valence-corrected chi connectivity index (χ2v) is 13.9. The minimum absolute atomic E-state index is 0.0441. The molecule has 1 aromatic carbocycles. The third-order valence-electron chi connectivity index (χ3n) is 6.34. The Morgan fingerprint density at radius 2 is 2.12 bits per heavy atom. The summed E-state index contributed by atoms with van der Waals surface area (Å²) in [7, 11) is 0. The van der Waals surface area contributed by atoms with Crippen molar-refractivity contribution in [2.75, 3.05) is 30.5 Å². The first-order valence-electron chi connectivity index (χ1n) is 12.3. The van der Waals surface area contributed by atoms with Gasteiger partial charge in [-0.05, 0) is 69.3 Å². The largest absolute Gasteiger partial charge is 0.507 e. The SMILES string of the molecule is CCOC(=O)CC1CCC2(C1)SCC(CSCCCOc1ccc(C(C)=O)c(O)c1C(C)C)S2. The Morgan fingerprint density at radius 1 is 1.32 bits per heavy atom. The van der Waals surface area contributed by atoms with Crippen LogP contribution in [0.15, 0.2) is 12.1 Å². The van der Waals surface area contributed by atoms with Crippen LogP contribution in [0.1, 0.15) is 81.6 Å². The highest BCUT2D eigenvalue weighted by Crippen LogP contribution is 2.59. The molecule has 0 radical (unpaired) electrons. The summed E-state index contributed by atoms with van der Waals surface area (Å²) in [5, 5.41) is 11.2. The van der Waals surface area contributed by atoms with Gasteiger partial charge in [-0.3, -0.25) is 9.59 Å². The molecule has 0 aromatic heterocycles. The Morgan fingerprint density at radius 3 is 2.82 bits per heavy atom. The summed E-state index contributed by atoms with van der Waals surface area (Å²) in [5.41, 5.74) is 1.06. The van der Waals surface area contributed by atoms with E-state index < -0.39 is 0 Å². The van der Waals surface area contributed by atoms with Crippen LogP contribution in [0, 0.1) is 5.92 Å². The van der Waals surface area contributed by atoms with Crippen molar-refractivity contribution in [2.45, 2.75) is 75.0 Å². The molecule has 2 fully saturated rings. The van der Waals surface area contributed by atoms with Crippen LogP contribution in [0.5, 0.6) is 11.5 Å². The molecule has 1 aliphatic carbocycles. The number of aromatic hydroxyl groups is 1. The van der Waals surface area contributed by atoms with Crippen LogP contribution in [0.4, 0.5) is 0 Å². The summed E-state index contributed by atoms with van der Waals surface area (Å²) < 4.78 is 11.4. The predicted molar refractivity (Wildman–Crippen MR) is 145 cm³/mol. The quantitative estimate of drug-likeness (QED) is 0.187. The molecular weight excluding hydrogens is 488 g/mol. The molecule has 1 saturated carbocycles. The molecule has 34 heavy (non-hydrogen) atoms. The maximum Gasteiger partial charge on any atom is 0.306 e. The van der Waals surface area contributed by atoms with E-state index in [4.69, 9.17) is 9.47 Å². The summed E-state index contributed by atoms with van der Waals surface area (Å²) in [6.07, 6.45) is 4.98. The van der Waals surface area contributed by atoms with Crippen molar-refractivity contribution >= 4 is 47.0 Å². The molecule has 3 atom stereocenters. The number of hydrogen-bond acceptors (Lipinski definition) is 8. The van der Waals surface area contributed by atoms with E-state index in [-0.39, 0.29) is 23.4 Å². The van der Waals surface area contributed by atoms with Crippen LogP contribution >= 0.6 is 35.3 Å². The molecule has 2 aliphatic rings. The average Bonchev–Trinajstić information content (AvgIpc) is 3.35. The number of phenolic OH excluding ortho intramolecular Hbond substituents is 1. The molecule has 8 heteroatoms. The smallest absolute Gasteiger partial charge is 0.306 e. The van der Waals surface area contributed by atoms with Crippen LogP contribution < -0.4 is 4.74 Å². The van der Waals surface area contributed by atoms with Gasteiger partial charge in [0.15, 0.2) is 5.78 Å². The first-order chi connectivity index (χ1) is 16.2. The van der Waals surface area contributed by atoms with Gasteiger partial charge in [0.25, 0.3) is 0 Å². The van der Waals surface area contributed by atoms with E-state index in [1.54, 1.807) is 6.07 Å². The molecule has 1 aliphatic heterocycles. The van der Waals surface area contributed by atoms with Gasteiger partial charge in [-0.25, -0.2) is 0 Å². The van der Waals surface area contributed by atoms with Crippen LogP contribution in [-0.2, 0) is 9.53 Å². The van der Waals surface area contributed by atoms with Gasteiger partial charge in [0, 0.05) is 28.7 Å². The van der Waals surface area contributed by atoms with Crippen molar-refractivity contribution in [1.29, 1.82) is 0 Å². The van der Waals surface area contributed by atoms with E-state index in [2.05, 4.69) is 23.5 Å². The van der Waals surface area contributed by atoms with Gasteiger partial charge in [0.2, 0.25) is 0 Å². The zero-order chi connectivity index (χ0) is 24.7. The van der Waals surface area contributed by atoms with Crippen molar-refractivity contribution in [3.63, 3.8) is 0 Å².